The van der Waals surface area contributed by atoms with Crippen molar-refractivity contribution in [2.24, 2.45) is 0 Å². The van der Waals surface area contributed by atoms with E-state index >= 15 is 0 Å². The lowest BCUT2D eigenvalue weighted by Crippen LogP contribution is -2.16. The zero-order valence-corrected chi connectivity index (χ0v) is 7.41. The van der Waals surface area contributed by atoms with Crippen LogP contribution in [0.4, 0.5) is 0 Å². The zero-order valence-electron chi connectivity index (χ0n) is 9.41. The van der Waals surface area contributed by atoms with Gasteiger partial charge in [0, 0.05) is 15.8 Å². The van der Waals surface area contributed by atoms with Gasteiger partial charge in [0.25, 0.3) is 0 Å². The molecule has 0 aromatic heterocycles. The van der Waals surface area contributed by atoms with Gasteiger partial charge in [0.2, 0.25) is 0 Å². The van der Waals surface area contributed by atoms with E-state index in [1.165, 1.54) is 0 Å². The largest absolute Gasteiger partial charge is 0.463 e. The molecular formula is C8H14O5. The van der Waals surface area contributed by atoms with Gasteiger partial charge in [0.1, 0.15) is 0 Å². The highest BCUT2D eigenvalue weighted by atomic mass is 16.6. The Hall–Kier alpha value is -1.10. The van der Waals surface area contributed by atoms with Crippen LogP contribution in [0.15, 0.2) is 0 Å². The van der Waals surface area contributed by atoms with Crippen LogP contribution in [0, 0.1) is 0 Å². The Kier molecular flexibility index (Phi) is 4.93. The molecule has 0 spiro atoms. The molecule has 0 amide bonds. The Balaban J connectivity index is 3.80. The zero-order chi connectivity index (χ0) is 11.9. The highest BCUT2D eigenvalue weighted by Gasteiger charge is 2.06. The molecule has 0 radical (unpaired) electrons. The molecule has 0 aliphatic rings. The summed E-state index contributed by atoms with van der Waals surface area (Å²) in [6, 6.07) is 0. The Morgan fingerprint density at radius 2 is 2.08 bits per heavy atom. The fourth-order valence-electron chi connectivity index (χ4n) is 0.551. The molecule has 0 aromatic rings. The van der Waals surface area contributed by atoms with Crippen LogP contribution in [-0.4, -0.2) is 36.9 Å². The van der Waals surface area contributed by atoms with E-state index in [0.717, 1.165) is 0 Å². The normalized spacial score (nSPS) is 12.8. The molecule has 0 fully saturated rings. The van der Waals surface area contributed by atoms with Crippen LogP contribution < -0.4 is 0 Å². The molecular weight excluding hydrogens is 176 g/mol. The maximum absolute atomic E-state index is 10.9. The van der Waals surface area contributed by atoms with Gasteiger partial charge in [-0.3, -0.25) is 4.79 Å². The standard InChI is InChI=1S/C8H14O5/c1-2-12-8(11)6-13-7(10)4-3-5-9/h9H,2-6H2,1H3/i3D2. The van der Waals surface area contributed by atoms with E-state index < -0.39 is 37.9 Å². The quantitative estimate of drug-likeness (QED) is 0.593. The van der Waals surface area contributed by atoms with Gasteiger partial charge in [0.15, 0.2) is 6.61 Å². The summed E-state index contributed by atoms with van der Waals surface area (Å²) >= 11 is 0. The van der Waals surface area contributed by atoms with Gasteiger partial charge in [-0.25, -0.2) is 4.79 Å². The number of esters is 2. The molecule has 13 heavy (non-hydrogen) atoms. The summed E-state index contributed by atoms with van der Waals surface area (Å²) in [5, 5.41) is 8.53. The van der Waals surface area contributed by atoms with Gasteiger partial charge < -0.3 is 14.6 Å². The summed E-state index contributed by atoms with van der Waals surface area (Å²) in [6.07, 6.45) is -2.62. The first-order chi connectivity index (χ1) is 6.91. The van der Waals surface area contributed by atoms with Crippen molar-refractivity contribution in [3.8, 4) is 0 Å². The number of carbonyl (C=O) groups is 2. The third-order valence-electron chi connectivity index (χ3n) is 1.04. The number of aliphatic hydroxyl groups is 1. The molecule has 0 saturated heterocycles. The fourth-order valence-corrected chi connectivity index (χ4v) is 0.551. The summed E-state index contributed by atoms with van der Waals surface area (Å²) in [7, 11) is 0. The third kappa shape index (κ3) is 7.27. The van der Waals surface area contributed by atoms with Crippen LogP contribution in [0.1, 0.15) is 22.5 Å². The molecule has 0 heterocycles. The molecule has 76 valence electrons. The monoisotopic (exact) mass is 192 g/mol. The number of rotatable bonds is 6. The van der Waals surface area contributed by atoms with E-state index in [0.29, 0.717) is 0 Å². The van der Waals surface area contributed by atoms with Crippen molar-refractivity contribution >= 4 is 11.9 Å². The molecule has 5 heteroatoms. The number of hydrogen-bond donors (Lipinski definition) is 1. The predicted octanol–water partition coefficient (Wildman–Crippen LogP) is -0.135. The van der Waals surface area contributed by atoms with Crippen LogP contribution in [0.25, 0.3) is 0 Å². The summed E-state index contributed by atoms with van der Waals surface area (Å²) in [5.41, 5.74) is 0. The number of hydrogen-bond acceptors (Lipinski definition) is 5. The first-order valence-corrected chi connectivity index (χ1v) is 3.83. The van der Waals surface area contributed by atoms with Gasteiger partial charge in [-0.1, -0.05) is 0 Å². The van der Waals surface area contributed by atoms with Crippen molar-refractivity contribution in [3.63, 3.8) is 0 Å². The molecule has 0 saturated carbocycles. The van der Waals surface area contributed by atoms with Crippen molar-refractivity contribution in [3.05, 3.63) is 0 Å². The predicted molar refractivity (Wildman–Crippen MR) is 43.9 cm³/mol. The number of carbonyl (C=O) groups excluding carboxylic acids is 2. The van der Waals surface area contributed by atoms with Gasteiger partial charge in [0.05, 0.1) is 6.61 Å². The van der Waals surface area contributed by atoms with Crippen LogP contribution >= 0.6 is 0 Å². The van der Waals surface area contributed by atoms with E-state index in [4.69, 9.17) is 7.85 Å². The highest BCUT2D eigenvalue weighted by Crippen LogP contribution is 1.92. The first-order valence-electron chi connectivity index (χ1n) is 4.83. The second kappa shape index (κ2) is 7.54. The molecule has 0 aromatic carbocycles. The van der Waals surface area contributed by atoms with Crippen LogP contribution in [-0.2, 0) is 19.1 Å². The summed E-state index contributed by atoms with van der Waals surface area (Å²) in [5.74, 6) is -1.57. The van der Waals surface area contributed by atoms with E-state index in [1.54, 1.807) is 6.92 Å². The molecule has 0 rings (SSSR count). The van der Waals surface area contributed by atoms with E-state index in [9.17, 15) is 9.59 Å². The van der Waals surface area contributed by atoms with E-state index in [-0.39, 0.29) is 6.61 Å². The lowest BCUT2D eigenvalue weighted by molar-refractivity contribution is -0.158. The topological polar surface area (TPSA) is 72.8 Å². The lowest BCUT2D eigenvalue weighted by atomic mass is 10.3. The summed E-state index contributed by atoms with van der Waals surface area (Å²) in [4.78, 5) is 21.7. The van der Waals surface area contributed by atoms with Crippen molar-refractivity contribution in [1.82, 2.24) is 0 Å². The fraction of sp³-hybridized carbons (Fsp3) is 0.750. The average molecular weight is 192 g/mol. The Bertz CT molecular complexity index is 229. The number of ether oxygens (including phenoxy) is 2. The third-order valence-corrected chi connectivity index (χ3v) is 1.04. The lowest BCUT2D eigenvalue weighted by Gasteiger charge is -2.03. The van der Waals surface area contributed by atoms with Crippen LogP contribution in [0.2, 0.25) is 0 Å². The average Bonchev–Trinajstić information content (AvgIpc) is 2.15. The van der Waals surface area contributed by atoms with Gasteiger partial charge >= 0.3 is 11.9 Å². The Morgan fingerprint density at radius 1 is 1.38 bits per heavy atom. The van der Waals surface area contributed by atoms with Crippen molar-refractivity contribution in [2.45, 2.75) is 19.7 Å². The summed E-state index contributed by atoms with van der Waals surface area (Å²) < 4.78 is 23.1. The van der Waals surface area contributed by atoms with Crippen LogP contribution in [0.5, 0.6) is 0 Å². The Labute approximate surface area is 79.4 Å². The molecule has 5 nitrogen and oxygen atoms in total. The van der Waals surface area contributed by atoms with Crippen molar-refractivity contribution in [2.75, 3.05) is 19.8 Å². The molecule has 0 bridgehead atoms. The second-order valence-electron chi connectivity index (χ2n) is 2.05. The van der Waals surface area contributed by atoms with E-state index in [1.807, 2.05) is 0 Å². The molecule has 0 unspecified atom stereocenters. The van der Waals surface area contributed by atoms with Gasteiger partial charge in [-0.15, -0.1) is 0 Å². The SMILES string of the molecule is [2H]C([2H])(CO)CC(=O)OCC(=O)OCC. The maximum Gasteiger partial charge on any atom is 0.344 e. The number of aliphatic hydroxyl groups excluding tert-OH is 1. The molecule has 1 N–H and O–H groups in total. The second-order valence-corrected chi connectivity index (χ2v) is 2.05. The Morgan fingerprint density at radius 3 is 2.62 bits per heavy atom. The van der Waals surface area contributed by atoms with Crippen molar-refractivity contribution < 1.29 is 26.9 Å². The maximum atomic E-state index is 10.9. The molecule has 0 aliphatic carbocycles. The molecule has 0 atom stereocenters. The summed E-state index contributed by atoms with van der Waals surface area (Å²) in [6.45, 7) is 0.494. The van der Waals surface area contributed by atoms with Crippen LogP contribution in [0.3, 0.4) is 0 Å². The minimum atomic E-state index is -2.02. The first kappa shape index (κ1) is 8.50. The van der Waals surface area contributed by atoms with Crippen molar-refractivity contribution in [1.29, 1.82) is 0 Å². The van der Waals surface area contributed by atoms with Gasteiger partial charge in [-0.2, -0.15) is 0 Å². The van der Waals surface area contributed by atoms with Gasteiger partial charge in [-0.05, 0) is 13.3 Å². The molecule has 0 aliphatic heterocycles. The smallest absolute Gasteiger partial charge is 0.344 e. The minimum Gasteiger partial charge on any atom is -0.463 e. The minimum absolute atomic E-state index is 0.188. The highest BCUT2D eigenvalue weighted by molar-refractivity contribution is 5.76. The van der Waals surface area contributed by atoms with E-state index in [2.05, 4.69) is 9.47 Å².